The van der Waals surface area contributed by atoms with E-state index in [1.807, 2.05) is 49.4 Å². The predicted octanol–water partition coefficient (Wildman–Crippen LogP) is 2.35. The van der Waals surface area contributed by atoms with Crippen molar-refractivity contribution in [3.8, 4) is 11.4 Å². The molecule has 1 N–H and O–H groups in total. The third kappa shape index (κ3) is 2.60. The van der Waals surface area contributed by atoms with Gasteiger partial charge in [-0.15, -0.1) is 0 Å². The third-order valence-corrected chi connectivity index (χ3v) is 4.69. The maximum Gasteiger partial charge on any atom is 0.262 e. The molecule has 0 spiro atoms. The summed E-state index contributed by atoms with van der Waals surface area (Å²) >= 11 is 0. The molecule has 1 atom stereocenters. The van der Waals surface area contributed by atoms with Gasteiger partial charge in [-0.3, -0.25) is 24.3 Å². The lowest BCUT2D eigenvalue weighted by molar-refractivity contribution is -0.135. The summed E-state index contributed by atoms with van der Waals surface area (Å²) in [4.78, 5) is 42.0. The highest BCUT2D eigenvalue weighted by molar-refractivity contribution is 5.99. The van der Waals surface area contributed by atoms with Gasteiger partial charge in [0.1, 0.15) is 11.9 Å². The summed E-state index contributed by atoms with van der Waals surface area (Å²) in [5, 5.41) is 2.83. The molecule has 2 amide bonds. The molecule has 0 bridgehead atoms. The topological polar surface area (TPSA) is 81.1 Å². The van der Waals surface area contributed by atoms with Gasteiger partial charge < -0.3 is 0 Å². The molecule has 1 aromatic heterocycles. The molecule has 0 aliphatic carbocycles. The number of amides is 2. The van der Waals surface area contributed by atoms with Crippen LogP contribution in [0.3, 0.4) is 0 Å². The summed E-state index contributed by atoms with van der Waals surface area (Å²) in [5.74, 6) is -0.344. The van der Waals surface area contributed by atoms with Gasteiger partial charge >= 0.3 is 0 Å². The maximum absolute atomic E-state index is 13.3. The number of fused-ring (bicyclic) bond motifs is 1. The van der Waals surface area contributed by atoms with Crippen molar-refractivity contribution in [3.63, 3.8) is 0 Å². The van der Waals surface area contributed by atoms with Gasteiger partial charge in [0.2, 0.25) is 11.8 Å². The first-order chi connectivity index (χ1) is 12.6. The monoisotopic (exact) mass is 347 g/mol. The van der Waals surface area contributed by atoms with Crippen LogP contribution in [0.5, 0.6) is 0 Å². The number of aromatic nitrogens is 2. The molecule has 2 heterocycles. The maximum atomic E-state index is 13.3. The van der Waals surface area contributed by atoms with Crippen LogP contribution in [0.25, 0.3) is 22.3 Å². The molecule has 2 aromatic carbocycles. The Morgan fingerprint density at radius 2 is 1.81 bits per heavy atom. The molecule has 6 nitrogen and oxygen atoms in total. The zero-order valence-corrected chi connectivity index (χ0v) is 14.2. The highest BCUT2D eigenvalue weighted by Gasteiger charge is 2.31. The minimum absolute atomic E-state index is 0.197. The van der Waals surface area contributed by atoms with Crippen molar-refractivity contribution in [1.29, 1.82) is 0 Å². The van der Waals surface area contributed by atoms with E-state index in [-0.39, 0.29) is 24.3 Å². The van der Waals surface area contributed by atoms with E-state index >= 15 is 0 Å². The number of hydrogen-bond donors (Lipinski definition) is 1. The van der Waals surface area contributed by atoms with Gasteiger partial charge in [0, 0.05) is 12.0 Å². The number of aryl methyl sites for hydroxylation is 1. The van der Waals surface area contributed by atoms with E-state index in [0.717, 1.165) is 11.1 Å². The fraction of sp³-hybridized carbons (Fsp3) is 0.200. The van der Waals surface area contributed by atoms with Crippen LogP contribution in [-0.2, 0) is 9.59 Å². The molecule has 26 heavy (non-hydrogen) atoms. The predicted molar refractivity (Wildman–Crippen MR) is 97.6 cm³/mol. The normalized spacial score (nSPS) is 17.3. The van der Waals surface area contributed by atoms with Crippen molar-refractivity contribution in [2.75, 3.05) is 0 Å². The Kier molecular flexibility index (Phi) is 3.88. The van der Waals surface area contributed by atoms with Crippen molar-refractivity contribution < 1.29 is 9.59 Å². The molecule has 1 saturated heterocycles. The summed E-state index contributed by atoms with van der Waals surface area (Å²) in [6.45, 7) is 1.85. The number of hydrogen-bond acceptors (Lipinski definition) is 4. The summed E-state index contributed by atoms with van der Waals surface area (Å²) in [7, 11) is 0. The second-order valence-corrected chi connectivity index (χ2v) is 6.41. The number of benzene rings is 2. The van der Waals surface area contributed by atoms with Crippen molar-refractivity contribution in [2.24, 2.45) is 0 Å². The number of carbonyl (C=O) groups excluding carboxylic acids is 2. The smallest absolute Gasteiger partial charge is 0.262 e. The average molecular weight is 347 g/mol. The molecular formula is C20H17N3O3. The van der Waals surface area contributed by atoms with Gasteiger partial charge in [0.25, 0.3) is 5.56 Å². The first-order valence-corrected chi connectivity index (χ1v) is 8.47. The molecule has 4 rings (SSSR count). The van der Waals surface area contributed by atoms with Gasteiger partial charge in [-0.05, 0) is 25.0 Å². The van der Waals surface area contributed by atoms with Crippen molar-refractivity contribution in [1.82, 2.24) is 14.9 Å². The Labute approximate surface area is 149 Å². The zero-order valence-electron chi connectivity index (χ0n) is 14.2. The molecular weight excluding hydrogens is 330 g/mol. The van der Waals surface area contributed by atoms with Gasteiger partial charge in [-0.25, -0.2) is 4.98 Å². The summed E-state index contributed by atoms with van der Waals surface area (Å²) in [6.07, 6.45) is 0.479. The lowest BCUT2D eigenvalue weighted by atomic mass is 10.0. The van der Waals surface area contributed by atoms with Crippen molar-refractivity contribution >= 4 is 22.7 Å². The fourth-order valence-corrected chi connectivity index (χ4v) is 3.42. The van der Waals surface area contributed by atoms with Crippen molar-refractivity contribution in [3.05, 3.63) is 64.4 Å². The largest absolute Gasteiger partial charge is 0.295 e. The van der Waals surface area contributed by atoms with E-state index in [2.05, 4.69) is 5.32 Å². The van der Waals surface area contributed by atoms with Crippen LogP contribution in [0.1, 0.15) is 24.4 Å². The fourth-order valence-electron chi connectivity index (χ4n) is 3.42. The van der Waals surface area contributed by atoms with Crippen LogP contribution in [0.15, 0.2) is 53.3 Å². The molecule has 0 radical (unpaired) electrons. The first kappa shape index (κ1) is 16.2. The van der Waals surface area contributed by atoms with Crippen molar-refractivity contribution in [2.45, 2.75) is 25.8 Å². The number of imide groups is 1. The lowest BCUT2D eigenvalue weighted by Crippen LogP contribution is -2.45. The number of carbonyl (C=O) groups is 2. The van der Waals surface area contributed by atoms with Gasteiger partial charge in [-0.1, -0.05) is 42.5 Å². The van der Waals surface area contributed by atoms with Gasteiger partial charge in [-0.2, -0.15) is 0 Å². The summed E-state index contributed by atoms with van der Waals surface area (Å²) < 4.78 is 1.44. The molecule has 1 fully saturated rings. The number of rotatable bonds is 2. The minimum atomic E-state index is -0.757. The highest BCUT2D eigenvalue weighted by Crippen LogP contribution is 2.26. The molecule has 0 saturated carbocycles. The highest BCUT2D eigenvalue weighted by atomic mass is 16.2. The SMILES string of the molecule is Cc1cccc2nc(-c3ccccc3)n(C3CCC(=O)NC3=O)c(=O)c12. The Hall–Kier alpha value is -3.28. The Morgan fingerprint density at radius 3 is 2.54 bits per heavy atom. The molecule has 130 valence electrons. The van der Waals surface area contributed by atoms with E-state index < -0.39 is 11.9 Å². The van der Waals surface area contributed by atoms with E-state index in [1.165, 1.54) is 4.57 Å². The second-order valence-electron chi connectivity index (χ2n) is 6.41. The van der Waals surface area contributed by atoms with Gasteiger partial charge in [0.05, 0.1) is 10.9 Å². The Morgan fingerprint density at radius 1 is 1.04 bits per heavy atom. The Balaban J connectivity index is 2.04. The van der Waals surface area contributed by atoms with Gasteiger partial charge in [0.15, 0.2) is 0 Å². The van der Waals surface area contributed by atoms with Crippen LogP contribution in [0.4, 0.5) is 0 Å². The quantitative estimate of drug-likeness (QED) is 0.722. The van der Waals surface area contributed by atoms with Crippen LogP contribution in [0, 0.1) is 6.92 Å². The number of piperidine rings is 1. The lowest BCUT2D eigenvalue weighted by Gasteiger charge is -2.25. The molecule has 1 unspecified atom stereocenters. The molecule has 6 heteroatoms. The van der Waals surface area contributed by atoms with E-state index in [1.54, 1.807) is 6.07 Å². The number of nitrogens with zero attached hydrogens (tertiary/aromatic N) is 2. The van der Waals surface area contributed by atoms with Crippen LogP contribution in [-0.4, -0.2) is 21.4 Å². The van der Waals surface area contributed by atoms with E-state index in [9.17, 15) is 14.4 Å². The minimum Gasteiger partial charge on any atom is -0.295 e. The van der Waals surface area contributed by atoms with Crippen LogP contribution < -0.4 is 10.9 Å². The molecule has 1 aliphatic rings. The standard InChI is InChI=1S/C20H17N3O3/c1-12-6-5-9-14-17(12)20(26)23(15-10-11-16(24)22-19(15)25)18(21-14)13-7-3-2-4-8-13/h2-9,15H,10-11H2,1H3,(H,22,24,25). The third-order valence-electron chi connectivity index (χ3n) is 4.69. The number of nitrogens with one attached hydrogen (secondary N) is 1. The summed E-state index contributed by atoms with van der Waals surface area (Å²) in [5.41, 5.74) is 1.89. The van der Waals surface area contributed by atoms with Crippen LogP contribution >= 0.6 is 0 Å². The molecule has 3 aromatic rings. The van der Waals surface area contributed by atoms with Crippen LogP contribution in [0.2, 0.25) is 0 Å². The zero-order chi connectivity index (χ0) is 18.3. The molecule has 1 aliphatic heterocycles. The average Bonchev–Trinajstić information content (AvgIpc) is 2.63. The van der Waals surface area contributed by atoms with E-state index in [0.29, 0.717) is 16.7 Å². The Bertz CT molecular complexity index is 1090. The first-order valence-electron chi connectivity index (χ1n) is 8.47. The van der Waals surface area contributed by atoms with E-state index in [4.69, 9.17) is 4.98 Å². The second kappa shape index (κ2) is 6.22. The summed E-state index contributed by atoms with van der Waals surface area (Å²) in [6, 6.07) is 14.0.